The minimum absolute atomic E-state index is 0. The van der Waals surface area contributed by atoms with E-state index >= 15 is 0 Å². The average Bonchev–Trinajstić information content (AvgIpc) is 2.31. The van der Waals surface area contributed by atoms with Crippen LogP contribution in [0.2, 0.25) is 0 Å². The van der Waals surface area contributed by atoms with Gasteiger partial charge in [-0.15, -0.1) is 12.4 Å². The van der Waals surface area contributed by atoms with Crippen LogP contribution < -0.4 is 11.1 Å². The third-order valence-electron chi connectivity index (χ3n) is 3.82. The van der Waals surface area contributed by atoms with Crippen molar-refractivity contribution < 1.29 is 4.79 Å². The Labute approximate surface area is 112 Å². The molecule has 0 fully saturated rings. The Morgan fingerprint density at radius 1 is 1.18 bits per heavy atom. The number of carbonyl (C=O) groups is 1. The lowest BCUT2D eigenvalue weighted by Crippen LogP contribution is -2.45. The molecular formula is C13H29ClN2O. The number of halogens is 1. The molecule has 0 radical (unpaired) electrons. The molecule has 0 saturated heterocycles. The van der Waals surface area contributed by atoms with Crippen LogP contribution in [0.15, 0.2) is 0 Å². The molecule has 0 saturated carbocycles. The van der Waals surface area contributed by atoms with Crippen LogP contribution in [0.1, 0.15) is 59.8 Å². The van der Waals surface area contributed by atoms with Gasteiger partial charge in [-0.05, 0) is 31.1 Å². The van der Waals surface area contributed by atoms with Crippen LogP contribution in [0.3, 0.4) is 0 Å². The molecule has 17 heavy (non-hydrogen) atoms. The Balaban J connectivity index is 0. The minimum Gasteiger partial charge on any atom is -0.354 e. The van der Waals surface area contributed by atoms with Gasteiger partial charge in [0.15, 0.2) is 0 Å². The first kappa shape index (κ1) is 19.1. The predicted octanol–water partition coefficient (Wildman–Crippen LogP) is 2.87. The van der Waals surface area contributed by atoms with Crippen LogP contribution in [0.4, 0.5) is 0 Å². The van der Waals surface area contributed by atoms with Crippen LogP contribution in [0, 0.1) is 5.41 Å². The van der Waals surface area contributed by atoms with Crippen molar-refractivity contribution in [2.24, 2.45) is 11.1 Å². The van der Waals surface area contributed by atoms with E-state index in [0.29, 0.717) is 0 Å². The van der Waals surface area contributed by atoms with Gasteiger partial charge in [0.2, 0.25) is 5.91 Å². The second-order valence-electron chi connectivity index (χ2n) is 4.67. The number of nitrogens with one attached hydrogen (secondary N) is 1. The summed E-state index contributed by atoms with van der Waals surface area (Å²) in [4.78, 5) is 11.7. The number of nitrogens with two attached hydrogens (primary N) is 1. The fraction of sp³-hybridized carbons (Fsp3) is 0.923. The lowest BCUT2D eigenvalue weighted by molar-refractivity contribution is -0.123. The van der Waals surface area contributed by atoms with Crippen molar-refractivity contribution in [2.45, 2.75) is 65.8 Å². The largest absolute Gasteiger partial charge is 0.354 e. The van der Waals surface area contributed by atoms with E-state index in [4.69, 9.17) is 5.73 Å². The van der Waals surface area contributed by atoms with E-state index < -0.39 is 0 Å². The third-order valence-corrected chi connectivity index (χ3v) is 3.82. The van der Waals surface area contributed by atoms with E-state index in [1.54, 1.807) is 0 Å². The third kappa shape index (κ3) is 6.27. The molecule has 1 atom stereocenters. The highest BCUT2D eigenvalue weighted by Gasteiger charge is 2.25. The van der Waals surface area contributed by atoms with Gasteiger partial charge in [0.1, 0.15) is 0 Å². The van der Waals surface area contributed by atoms with Gasteiger partial charge in [0.05, 0.1) is 6.04 Å². The van der Waals surface area contributed by atoms with Gasteiger partial charge in [0, 0.05) is 6.54 Å². The lowest BCUT2D eigenvalue weighted by Gasteiger charge is -2.31. The summed E-state index contributed by atoms with van der Waals surface area (Å²) < 4.78 is 0. The average molecular weight is 265 g/mol. The lowest BCUT2D eigenvalue weighted by atomic mass is 9.80. The van der Waals surface area contributed by atoms with E-state index in [0.717, 1.165) is 38.6 Å². The van der Waals surface area contributed by atoms with Gasteiger partial charge < -0.3 is 11.1 Å². The fourth-order valence-corrected chi connectivity index (χ4v) is 1.97. The van der Waals surface area contributed by atoms with E-state index in [1.807, 2.05) is 6.92 Å². The highest BCUT2D eigenvalue weighted by atomic mass is 35.5. The first-order valence-corrected chi connectivity index (χ1v) is 6.58. The molecule has 3 N–H and O–H groups in total. The number of carbonyl (C=O) groups excluding carboxylic acids is 1. The molecule has 0 aromatic carbocycles. The second-order valence-corrected chi connectivity index (χ2v) is 4.67. The summed E-state index contributed by atoms with van der Waals surface area (Å²) in [6, 6.07) is -0.340. The minimum atomic E-state index is -0.340. The number of amides is 1. The Kier molecular flexibility index (Phi) is 10.9. The fourth-order valence-electron chi connectivity index (χ4n) is 1.97. The molecule has 4 heteroatoms. The predicted molar refractivity (Wildman–Crippen MR) is 76.4 cm³/mol. The van der Waals surface area contributed by atoms with Gasteiger partial charge >= 0.3 is 0 Å². The Morgan fingerprint density at radius 3 is 2.00 bits per heavy atom. The maximum atomic E-state index is 11.7. The zero-order valence-electron chi connectivity index (χ0n) is 11.7. The topological polar surface area (TPSA) is 55.1 Å². The number of hydrogen-bond acceptors (Lipinski definition) is 2. The number of hydrogen-bond donors (Lipinski definition) is 2. The van der Waals surface area contributed by atoms with E-state index in [2.05, 4.69) is 26.1 Å². The zero-order chi connectivity index (χ0) is 12.6. The second kappa shape index (κ2) is 9.72. The molecule has 0 aromatic rings. The molecule has 0 aliphatic carbocycles. The summed E-state index contributed by atoms with van der Waals surface area (Å²) in [6.07, 6.45) is 5.02. The molecule has 1 unspecified atom stereocenters. The van der Waals surface area contributed by atoms with Crippen molar-refractivity contribution in [3.05, 3.63) is 0 Å². The summed E-state index contributed by atoms with van der Waals surface area (Å²) >= 11 is 0. The Hall–Kier alpha value is -0.280. The quantitative estimate of drug-likeness (QED) is 0.708. The Morgan fingerprint density at radius 2 is 1.65 bits per heavy atom. The van der Waals surface area contributed by atoms with E-state index in [9.17, 15) is 4.79 Å². The zero-order valence-corrected chi connectivity index (χ0v) is 12.5. The molecule has 0 bridgehead atoms. The molecule has 0 aliphatic rings. The van der Waals surface area contributed by atoms with Crippen molar-refractivity contribution in [1.82, 2.24) is 5.32 Å². The normalized spacial score (nSPS) is 12.8. The maximum Gasteiger partial charge on any atom is 0.236 e. The van der Waals surface area contributed by atoms with Crippen LogP contribution in [-0.4, -0.2) is 18.5 Å². The van der Waals surface area contributed by atoms with Crippen molar-refractivity contribution in [3.63, 3.8) is 0 Å². The van der Waals surface area contributed by atoms with Crippen molar-refractivity contribution in [3.8, 4) is 0 Å². The van der Waals surface area contributed by atoms with Crippen molar-refractivity contribution in [2.75, 3.05) is 6.54 Å². The first-order valence-electron chi connectivity index (χ1n) is 6.58. The van der Waals surface area contributed by atoms with Crippen LogP contribution >= 0.6 is 12.4 Å². The first-order chi connectivity index (χ1) is 7.55. The molecule has 0 aromatic heterocycles. The van der Waals surface area contributed by atoms with Crippen molar-refractivity contribution >= 4 is 18.3 Å². The standard InChI is InChI=1S/C13H28N2O.ClH/c1-5-9-11(14)12(16)15-10-13(6-2,7-3)8-4;/h11H,5-10,14H2,1-4H3,(H,15,16);1H. The summed E-state index contributed by atoms with van der Waals surface area (Å²) in [5.41, 5.74) is 6.02. The molecular weight excluding hydrogens is 236 g/mol. The van der Waals surface area contributed by atoms with E-state index in [-0.39, 0.29) is 29.8 Å². The number of rotatable bonds is 8. The SMILES string of the molecule is CCCC(N)C(=O)NCC(CC)(CC)CC.Cl. The highest BCUT2D eigenvalue weighted by molar-refractivity contribution is 5.85. The molecule has 0 aliphatic heterocycles. The highest BCUT2D eigenvalue weighted by Crippen LogP contribution is 2.29. The van der Waals surface area contributed by atoms with Crippen LogP contribution in [-0.2, 0) is 4.79 Å². The summed E-state index contributed by atoms with van der Waals surface area (Å²) in [6.45, 7) is 9.36. The molecule has 0 rings (SSSR count). The summed E-state index contributed by atoms with van der Waals surface area (Å²) in [5, 5.41) is 3.00. The van der Waals surface area contributed by atoms with E-state index in [1.165, 1.54) is 0 Å². The molecule has 1 amide bonds. The van der Waals surface area contributed by atoms with Crippen LogP contribution in [0.25, 0.3) is 0 Å². The van der Waals surface area contributed by atoms with Gasteiger partial charge in [0.25, 0.3) is 0 Å². The molecule has 0 spiro atoms. The Bertz CT molecular complexity index is 197. The smallest absolute Gasteiger partial charge is 0.236 e. The maximum absolute atomic E-state index is 11.7. The van der Waals surface area contributed by atoms with Gasteiger partial charge in [-0.3, -0.25) is 4.79 Å². The molecule has 3 nitrogen and oxygen atoms in total. The van der Waals surface area contributed by atoms with Gasteiger partial charge in [-0.25, -0.2) is 0 Å². The van der Waals surface area contributed by atoms with Crippen LogP contribution in [0.5, 0.6) is 0 Å². The molecule has 0 heterocycles. The summed E-state index contributed by atoms with van der Waals surface area (Å²) in [5.74, 6) is 0.00146. The molecule has 104 valence electrons. The van der Waals surface area contributed by atoms with Crippen molar-refractivity contribution in [1.29, 1.82) is 0 Å². The van der Waals surface area contributed by atoms with Gasteiger partial charge in [-0.1, -0.05) is 34.1 Å². The monoisotopic (exact) mass is 264 g/mol. The summed E-state index contributed by atoms with van der Waals surface area (Å²) in [7, 11) is 0. The van der Waals surface area contributed by atoms with Gasteiger partial charge in [-0.2, -0.15) is 0 Å².